The van der Waals surface area contributed by atoms with E-state index in [1.54, 1.807) is 0 Å². The van der Waals surface area contributed by atoms with Gasteiger partial charge in [0.2, 0.25) is 5.91 Å². The minimum Gasteiger partial charge on any atom is -0.476 e. The molecule has 0 unspecified atom stereocenters. The zero-order chi connectivity index (χ0) is 15.3. The number of likely N-dealkylation sites (N-methyl/N-ethyl adjacent to an activating group) is 1. The Kier molecular flexibility index (Phi) is 5.56. The lowest BCUT2D eigenvalue weighted by molar-refractivity contribution is -0.122. The Bertz CT molecular complexity index is 488. The second-order valence-electron chi connectivity index (χ2n) is 4.37. The van der Waals surface area contributed by atoms with Crippen LogP contribution in [0.25, 0.3) is 0 Å². The number of nitrogens with one attached hydrogen (secondary N) is 1. The van der Waals surface area contributed by atoms with Crippen molar-refractivity contribution >= 4 is 11.9 Å². The first-order chi connectivity index (χ1) is 9.31. The van der Waals surface area contributed by atoms with Gasteiger partial charge in [0.05, 0.1) is 0 Å². The maximum Gasteiger partial charge on any atom is 0.356 e. The fourth-order valence-corrected chi connectivity index (χ4v) is 1.45. The summed E-state index contributed by atoms with van der Waals surface area (Å²) in [4.78, 5) is 24.1. The maximum atomic E-state index is 12.7. The molecule has 0 saturated heterocycles. The second kappa shape index (κ2) is 6.94. The summed E-state index contributed by atoms with van der Waals surface area (Å²) in [5.41, 5.74) is -1.11. The van der Waals surface area contributed by atoms with Crippen LogP contribution in [-0.2, 0) is 11.3 Å². The molecule has 112 valence electrons. The SMILES string of the molecule is CN(C)CCNC(=O)Cn1nc(C(=O)O)cc1C(F)F. The summed E-state index contributed by atoms with van der Waals surface area (Å²) in [5, 5.41) is 14.7. The highest BCUT2D eigenvalue weighted by molar-refractivity contribution is 5.85. The molecule has 1 aromatic heterocycles. The quantitative estimate of drug-likeness (QED) is 0.749. The molecule has 2 N–H and O–H groups in total. The van der Waals surface area contributed by atoms with E-state index in [-0.39, 0.29) is 0 Å². The van der Waals surface area contributed by atoms with Crippen molar-refractivity contribution in [3.05, 3.63) is 17.5 Å². The van der Waals surface area contributed by atoms with Crippen LogP contribution < -0.4 is 5.32 Å². The summed E-state index contributed by atoms with van der Waals surface area (Å²) < 4.78 is 26.1. The number of rotatable bonds is 7. The molecular formula is C11H16F2N4O3. The van der Waals surface area contributed by atoms with Gasteiger partial charge in [0.15, 0.2) is 5.69 Å². The van der Waals surface area contributed by atoms with Crippen LogP contribution in [-0.4, -0.2) is 58.8 Å². The molecule has 1 aromatic rings. The standard InChI is InChI=1S/C11H16F2N4O3/c1-16(2)4-3-14-9(18)6-17-8(10(12)13)5-7(15-17)11(19)20/h5,10H,3-4,6H2,1-2H3,(H,14,18)(H,19,20). The molecule has 1 heterocycles. The number of hydrogen-bond donors (Lipinski definition) is 2. The van der Waals surface area contributed by atoms with E-state index in [1.807, 2.05) is 19.0 Å². The van der Waals surface area contributed by atoms with E-state index in [2.05, 4.69) is 10.4 Å². The lowest BCUT2D eigenvalue weighted by atomic mass is 10.3. The first-order valence-electron chi connectivity index (χ1n) is 5.82. The number of aromatic nitrogens is 2. The molecule has 20 heavy (non-hydrogen) atoms. The molecule has 0 aromatic carbocycles. The minimum absolute atomic E-state index is 0.364. The number of carbonyl (C=O) groups excluding carboxylic acids is 1. The van der Waals surface area contributed by atoms with Crippen LogP contribution in [0.4, 0.5) is 8.78 Å². The largest absolute Gasteiger partial charge is 0.476 e. The number of nitrogens with zero attached hydrogens (tertiary/aromatic N) is 3. The highest BCUT2D eigenvalue weighted by atomic mass is 19.3. The second-order valence-corrected chi connectivity index (χ2v) is 4.37. The predicted molar refractivity (Wildman–Crippen MR) is 65.7 cm³/mol. The molecule has 0 aliphatic rings. The van der Waals surface area contributed by atoms with Crippen molar-refractivity contribution in [2.45, 2.75) is 13.0 Å². The van der Waals surface area contributed by atoms with Crippen LogP contribution in [0.2, 0.25) is 0 Å². The van der Waals surface area contributed by atoms with Crippen molar-refractivity contribution in [3.8, 4) is 0 Å². The smallest absolute Gasteiger partial charge is 0.356 e. The van der Waals surface area contributed by atoms with E-state index in [0.29, 0.717) is 17.8 Å². The first kappa shape index (κ1) is 16.0. The van der Waals surface area contributed by atoms with E-state index >= 15 is 0 Å². The lowest BCUT2D eigenvalue weighted by Crippen LogP contribution is -2.34. The zero-order valence-corrected chi connectivity index (χ0v) is 11.1. The van der Waals surface area contributed by atoms with Gasteiger partial charge in [-0.3, -0.25) is 9.48 Å². The Morgan fingerprint density at radius 1 is 1.50 bits per heavy atom. The molecule has 0 aliphatic carbocycles. The van der Waals surface area contributed by atoms with Crippen molar-refractivity contribution in [1.82, 2.24) is 20.0 Å². The van der Waals surface area contributed by atoms with Gasteiger partial charge in [0.1, 0.15) is 12.2 Å². The lowest BCUT2D eigenvalue weighted by Gasteiger charge is -2.11. The van der Waals surface area contributed by atoms with Crippen LogP contribution in [0.15, 0.2) is 6.07 Å². The van der Waals surface area contributed by atoms with Gasteiger partial charge in [0, 0.05) is 19.2 Å². The molecule has 0 spiro atoms. The van der Waals surface area contributed by atoms with Gasteiger partial charge in [-0.05, 0) is 14.1 Å². The van der Waals surface area contributed by atoms with Gasteiger partial charge < -0.3 is 15.3 Å². The van der Waals surface area contributed by atoms with Gasteiger partial charge in [-0.15, -0.1) is 0 Å². The summed E-state index contributed by atoms with van der Waals surface area (Å²) in [6.45, 7) is 0.524. The summed E-state index contributed by atoms with van der Waals surface area (Å²) in [7, 11) is 3.65. The Hall–Kier alpha value is -2.03. The number of alkyl halides is 2. The normalized spacial score (nSPS) is 11.1. The van der Waals surface area contributed by atoms with Crippen LogP contribution in [0, 0.1) is 0 Å². The van der Waals surface area contributed by atoms with E-state index in [1.165, 1.54) is 0 Å². The molecule has 1 amide bonds. The summed E-state index contributed by atoms with van der Waals surface area (Å²) in [6.07, 6.45) is -2.90. The Balaban J connectivity index is 2.70. The predicted octanol–water partition coefficient (Wildman–Crippen LogP) is 0.197. The van der Waals surface area contributed by atoms with Crippen molar-refractivity contribution in [3.63, 3.8) is 0 Å². The zero-order valence-electron chi connectivity index (χ0n) is 11.1. The third-order valence-electron chi connectivity index (χ3n) is 2.43. The molecular weight excluding hydrogens is 274 g/mol. The average molecular weight is 290 g/mol. The number of carbonyl (C=O) groups is 2. The molecule has 9 heteroatoms. The van der Waals surface area contributed by atoms with Crippen LogP contribution in [0.3, 0.4) is 0 Å². The van der Waals surface area contributed by atoms with Gasteiger partial charge >= 0.3 is 5.97 Å². The number of amides is 1. The van der Waals surface area contributed by atoms with Crippen molar-refractivity contribution in [2.24, 2.45) is 0 Å². The highest BCUT2D eigenvalue weighted by Gasteiger charge is 2.21. The van der Waals surface area contributed by atoms with Crippen molar-refractivity contribution in [1.29, 1.82) is 0 Å². The first-order valence-corrected chi connectivity index (χ1v) is 5.82. The Labute approximate surface area is 114 Å². The van der Waals surface area contributed by atoms with Crippen LogP contribution in [0.5, 0.6) is 0 Å². The maximum absolute atomic E-state index is 12.7. The molecule has 0 aliphatic heterocycles. The third-order valence-corrected chi connectivity index (χ3v) is 2.43. The fraction of sp³-hybridized carbons (Fsp3) is 0.545. The van der Waals surface area contributed by atoms with E-state index < -0.39 is 36.2 Å². The number of carboxylic acids is 1. The number of aromatic carboxylic acids is 1. The van der Waals surface area contributed by atoms with Crippen LogP contribution >= 0.6 is 0 Å². The van der Waals surface area contributed by atoms with Gasteiger partial charge in [-0.25, -0.2) is 13.6 Å². The van der Waals surface area contributed by atoms with Crippen molar-refractivity contribution < 1.29 is 23.5 Å². The van der Waals surface area contributed by atoms with E-state index in [0.717, 1.165) is 6.07 Å². The van der Waals surface area contributed by atoms with Gasteiger partial charge in [0.25, 0.3) is 6.43 Å². The van der Waals surface area contributed by atoms with Gasteiger partial charge in [-0.2, -0.15) is 5.10 Å². The Morgan fingerprint density at radius 2 is 2.15 bits per heavy atom. The van der Waals surface area contributed by atoms with E-state index in [9.17, 15) is 18.4 Å². The van der Waals surface area contributed by atoms with Crippen LogP contribution in [0.1, 0.15) is 22.6 Å². The van der Waals surface area contributed by atoms with Gasteiger partial charge in [-0.1, -0.05) is 0 Å². The minimum atomic E-state index is -2.90. The summed E-state index contributed by atoms with van der Waals surface area (Å²) in [6, 6.07) is 0.764. The summed E-state index contributed by atoms with van der Waals surface area (Å²) in [5.74, 6) is -1.92. The molecule has 1 rings (SSSR count). The highest BCUT2D eigenvalue weighted by Crippen LogP contribution is 2.19. The average Bonchev–Trinajstić information content (AvgIpc) is 2.72. The topological polar surface area (TPSA) is 87.5 Å². The number of halogens is 2. The fourth-order valence-electron chi connectivity index (χ4n) is 1.45. The molecule has 0 fully saturated rings. The molecule has 0 radical (unpaired) electrons. The molecule has 0 atom stereocenters. The molecule has 7 nitrogen and oxygen atoms in total. The molecule has 0 bridgehead atoms. The number of hydrogen-bond acceptors (Lipinski definition) is 4. The molecule has 0 saturated carbocycles. The number of carboxylic acid groups (broad SMARTS) is 1. The third kappa shape index (κ3) is 4.57. The van der Waals surface area contributed by atoms with Crippen molar-refractivity contribution in [2.75, 3.05) is 27.2 Å². The monoisotopic (exact) mass is 290 g/mol. The Morgan fingerprint density at radius 3 is 2.65 bits per heavy atom. The summed E-state index contributed by atoms with van der Waals surface area (Å²) >= 11 is 0. The van der Waals surface area contributed by atoms with E-state index in [4.69, 9.17) is 5.11 Å².